The molecule has 0 heterocycles. The Morgan fingerprint density at radius 3 is 2.24 bits per heavy atom. The van der Waals surface area contributed by atoms with E-state index in [2.05, 4.69) is 31.2 Å². The molecule has 1 unspecified atom stereocenters. The van der Waals surface area contributed by atoms with Gasteiger partial charge in [-0.2, -0.15) is 0 Å². The molecular formula is C12H25N3O2. The van der Waals surface area contributed by atoms with E-state index in [0.717, 1.165) is 6.42 Å². The number of carbonyl (C=O) groups excluding carboxylic acids is 1. The lowest BCUT2D eigenvalue weighted by atomic mass is 9.85. The maximum absolute atomic E-state index is 12.0. The van der Waals surface area contributed by atoms with E-state index in [1.165, 1.54) is 0 Å². The van der Waals surface area contributed by atoms with Crippen molar-refractivity contribution in [3.8, 4) is 0 Å². The standard InChI is InChI=1S/C12H25N3O2/c1-6-12(5,9(13)15-17)10(16)14-8-7-11(2,3)4/h17H,6-8H2,1-5H3,(H2,13,15)(H,14,16). The highest BCUT2D eigenvalue weighted by molar-refractivity contribution is 6.06. The fraction of sp³-hybridized carbons (Fsp3) is 0.833. The van der Waals surface area contributed by atoms with Crippen LogP contribution >= 0.6 is 0 Å². The van der Waals surface area contributed by atoms with E-state index in [4.69, 9.17) is 10.9 Å². The molecule has 4 N–H and O–H groups in total. The quantitative estimate of drug-likeness (QED) is 0.297. The van der Waals surface area contributed by atoms with Crippen molar-refractivity contribution in [2.24, 2.45) is 21.7 Å². The van der Waals surface area contributed by atoms with E-state index in [0.29, 0.717) is 13.0 Å². The van der Waals surface area contributed by atoms with Gasteiger partial charge in [0, 0.05) is 6.54 Å². The van der Waals surface area contributed by atoms with Gasteiger partial charge in [0.25, 0.3) is 0 Å². The lowest BCUT2D eigenvalue weighted by Gasteiger charge is -2.26. The van der Waals surface area contributed by atoms with E-state index < -0.39 is 5.41 Å². The zero-order valence-electron chi connectivity index (χ0n) is 11.5. The van der Waals surface area contributed by atoms with Crippen LogP contribution in [0, 0.1) is 10.8 Å². The minimum Gasteiger partial charge on any atom is -0.409 e. The second kappa shape index (κ2) is 5.89. The molecule has 0 aromatic rings. The monoisotopic (exact) mass is 243 g/mol. The number of nitrogens with zero attached hydrogens (tertiary/aromatic N) is 1. The van der Waals surface area contributed by atoms with Crippen molar-refractivity contribution in [2.75, 3.05) is 6.54 Å². The number of hydrogen-bond acceptors (Lipinski definition) is 3. The number of carbonyl (C=O) groups is 1. The Morgan fingerprint density at radius 1 is 1.35 bits per heavy atom. The van der Waals surface area contributed by atoms with Gasteiger partial charge < -0.3 is 16.3 Å². The first-order valence-electron chi connectivity index (χ1n) is 5.93. The lowest BCUT2D eigenvalue weighted by Crippen LogP contribution is -2.48. The van der Waals surface area contributed by atoms with Crippen LogP contribution in [0.3, 0.4) is 0 Å². The van der Waals surface area contributed by atoms with Crippen LogP contribution in [0.25, 0.3) is 0 Å². The summed E-state index contributed by atoms with van der Waals surface area (Å²) in [4.78, 5) is 12.0. The summed E-state index contributed by atoms with van der Waals surface area (Å²) in [6, 6.07) is 0. The Hall–Kier alpha value is -1.26. The summed E-state index contributed by atoms with van der Waals surface area (Å²) in [6.07, 6.45) is 1.37. The van der Waals surface area contributed by atoms with Gasteiger partial charge in [0.2, 0.25) is 5.91 Å². The molecule has 5 heteroatoms. The fourth-order valence-corrected chi connectivity index (χ4v) is 1.31. The van der Waals surface area contributed by atoms with E-state index >= 15 is 0 Å². The van der Waals surface area contributed by atoms with Crippen LogP contribution in [-0.4, -0.2) is 23.5 Å². The van der Waals surface area contributed by atoms with Gasteiger partial charge in [-0.05, 0) is 25.2 Å². The van der Waals surface area contributed by atoms with Gasteiger partial charge in [-0.3, -0.25) is 4.79 Å². The molecule has 0 aromatic heterocycles. The molecule has 0 spiro atoms. The third-order valence-corrected chi connectivity index (χ3v) is 3.04. The van der Waals surface area contributed by atoms with Crippen molar-refractivity contribution in [1.82, 2.24) is 5.32 Å². The first kappa shape index (κ1) is 15.7. The van der Waals surface area contributed by atoms with Crippen LogP contribution in [0.15, 0.2) is 5.16 Å². The summed E-state index contributed by atoms with van der Waals surface area (Å²) in [5, 5.41) is 14.5. The number of hydrogen-bond donors (Lipinski definition) is 3. The lowest BCUT2D eigenvalue weighted by molar-refractivity contribution is -0.127. The van der Waals surface area contributed by atoms with Crippen molar-refractivity contribution in [3.63, 3.8) is 0 Å². The van der Waals surface area contributed by atoms with Crippen molar-refractivity contribution >= 4 is 11.7 Å². The van der Waals surface area contributed by atoms with Crippen molar-refractivity contribution < 1.29 is 10.0 Å². The van der Waals surface area contributed by atoms with Crippen LogP contribution in [0.5, 0.6) is 0 Å². The summed E-state index contributed by atoms with van der Waals surface area (Å²) >= 11 is 0. The molecule has 17 heavy (non-hydrogen) atoms. The van der Waals surface area contributed by atoms with Crippen molar-refractivity contribution in [3.05, 3.63) is 0 Å². The van der Waals surface area contributed by atoms with Crippen molar-refractivity contribution in [2.45, 2.75) is 47.5 Å². The van der Waals surface area contributed by atoms with Gasteiger partial charge in [0.1, 0.15) is 5.41 Å². The molecule has 0 rings (SSSR count). The third-order valence-electron chi connectivity index (χ3n) is 3.04. The minimum absolute atomic E-state index is 0.0479. The van der Waals surface area contributed by atoms with Gasteiger partial charge in [0.05, 0.1) is 0 Å². The molecule has 5 nitrogen and oxygen atoms in total. The molecule has 0 aliphatic rings. The topological polar surface area (TPSA) is 87.7 Å². The Bertz CT molecular complexity index is 295. The molecule has 0 aromatic carbocycles. The summed E-state index contributed by atoms with van der Waals surface area (Å²) < 4.78 is 0. The Kier molecular flexibility index (Phi) is 5.45. The Labute approximate surface area is 103 Å². The highest BCUT2D eigenvalue weighted by Crippen LogP contribution is 2.22. The number of rotatable bonds is 5. The van der Waals surface area contributed by atoms with E-state index in [1.54, 1.807) is 6.92 Å². The maximum atomic E-state index is 12.0. The summed E-state index contributed by atoms with van der Waals surface area (Å²) in [7, 11) is 0. The minimum atomic E-state index is -0.938. The number of amides is 1. The van der Waals surface area contributed by atoms with Crippen LogP contribution in [0.4, 0.5) is 0 Å². The number of amidine groups is 1. The predicted molar refractivity (Wildman–Crippen MR) is 68.9 cm³/mol. The summed E-state index contributed by atoms with van der Waals surface area (Å²) in [5.74, 6) is -0.243. The van der Waals surface area contributed by atoms with Gasteiger partial charge >= 0.3 is 0 Å². The molecule has 0 fully saturated rings. The number of oxime groups is 1. The zero-order chi connectivity index (χ0) is 13.7. The second-order valence-electron chi connectivity index (χ2n) is 5.74. The SMILES string of the molecule is CCC(C)(C(=O)NCCC(C)(C)C)C(N)=NO. The highest BCUT2D eigenvalue weighted by Gasteiger charge is 2.36. The molecule has 0 bridgehead atoms. The van der Waals surface area contributed by atoms with Crippen LogP contribution in [0.1, 0.15) is 47.5 Å². The van der Waals surface area contributed by atoms with E-state index in [1.807, 2.05) is 6.92 Å². The predicted octanol–water partition coefficient (Wildman–Crippen LogP) is 1.70. The zero-order valence-corrected chi connectivity index (χ0v) is 11.5. The number of nitrogens with two attached hydrogens (primary N) is 1. The summed E-state index contributed by atoms with van der Waals surface area (Å²) in [6.45, 7) is 10.4. The molecular weight excluding hydrogens is 218 g/mol. The molecule has 1 atom stereocenters. The van der Waals surface area contributed by atoms with Crippen LogP contribution < -0.4 is 11.1 Å². The maximum Gasteiger partial charge on any atom is 0.233 e. The molecule has 1 amide bonds. The number of nitrogens with one attached hydrogen (secondary N) is 1. The molecule has 100 valence electrons. The van der Waals surface area contributed by atoms with Gasteiger partial charge in [-0.15, -0.1) is 0 Å². The highest BCUT2D eigenvalue weighted by atomic mass is 16.4. The van der Waals surface area contributed by atoms with Gasteiger partial charge in [-0.25, -0.2) is 0 Å². The normalized spacial score (nSPS) is 16.4. The second-order valence-corrected chi connectivity index (χ2v) is 5.74. The van der Waals surface area contributed by atoms with Crippen LogP contribution in [-0.2, 0) is 4.79 Å². The molecule has 0 saturated heterocycles. The summed E-state index contributed by atoms with van der Waals surface area (Å²) in [5.41, 5.74) is 4.79. The average molecular weight is 243 g/mol. The Balaban J connectivity index is 4.48. The van der Waals surface area contributed by atoms with Crippen molar-refractivity contribution in [1.29, 1.82) is 0 Å². The van der Waals surface area contributed by atoms with Crippen LogP contribution in [0.2, 0.25) is 0 Å². The third kappa shape index (κ3) is 4.63. The molecule has 0 aliphatic heterocycles. The smallest absolute Gasteiger partial charge is 0.233 e. The van der Waals surface area contributed by atoms with Gasteiger partial charge in [-0.1, -0.05) is 32.9 Å². The molecule has 0 radical (unpaired) electrons. The Morgan fingerprint density at radius 2 is 1.88 bits per heavy atom. The largest absolute Gasteiger partial charge is 0.409 e. The van der Waals surface area contributed by atoms with E-state index in [-0.39, 0.29) is 17.2 Å². The first-order valence-corrected chi connectivity index (χ1v) is 5.93. The van der Waals surface area contributed by atoms with Gasteiger partial charge in [0.15, 0.2) is 5.84 Å². The van der Waals surface area contributed by atoms with E-state index in [9.17, 15) is 4.79 Å². The molecule has 0 aliphatic carbocycles. The first-order chi connectivity index (χ1) is 7.67. The fourth-order valence-electron chi connectivity index (χ4n) is 1.31. The molecule has 0 saturated carbocycles. The average Bonchev–Trinajstić information content (AvgIpc) is 2.24.